The number of halogens is 1. The van der Waals surface area contributed by atoms with Gasteiger partial charge in [-0.2, -0.15) is 5.10 Å². The summed E-state index contributed by atoms with van der Waals surface area (Å²) in [7, 11) is 0. The van der Waals surface area contributed by atoms with E-state index >= 15 is 0 Å². The number of hydrogen-bond acceptors (Lipinski definition) is 4. The van der Waals surface area contributed by atoms with Gasteiger partial charge in [-0.1, -0.05) is 0 Å². The number of fused-ring (bicyclic) bond motifs is 1. The van der Waals surface area contributed by atoms with E-state index in [0.29, 0.717) is 30.6 Å². The molecule has 0 bridgehead atoms. The van der Waals surface area contributed by atoms with Crippen molar-refractivity contribution in [3.8, 4) is 0 Å². The molecule has 0 saturated carbocycles. The minimum atomic E-state index is -0.923. The fourth-order valence-corrected chi connectivity index (χ4v) is 2.51. The zero-order valence-electron chi connectivity index (χ0n) is 10.2. The lowest BCUT2D eigenvalue weighted by Gasteiger charge is -2.30. The van der Waals surface area contributed by atoms with Crippen molar-refractivity contribution in [3.05, 3.63) is 28.4 Å². The second kappa shape index (κ2) is 4.49. The number of benzene rings is 1. The van der Waals surface area contributed by atoms with Gasteiger partial charge >= 0.3 is 0 Å². The predicted octanol–water partition coefficient (Wildman–Crippen LogP) is 2.41. The highest BCUT2D eigenvalue weighted by Gasteiger charge is 2.26. The van der Waals surface area contributed by atoms with Gasteiger partial charge in [-0.15, -0.1) is 0 Å². The predicted molar refractivity (Wildman–Crippen MR) is 69.1 cm³/mol. The van der Waals surface area contributed by atoms with Crippen molar-refractivity contribution in [1.29, 1.82) is 0 Å². The third-order valence-corrected chi connectivity index (χ3v) is 3.44. The highest BCUT2D eigenvalue weighted by Crippen LogP contribution is 2.34. The van der Waals surface area contributed by atoms with Crippen LogP contribution in [0.4, 0.5) is 15.8 Å². The minimum Gasteiger partial charge on any atom is -0.363 e. The number of rotatable bonds is 2. The van der Waals surface area contributed by atoms with E-state index in [1.807, 2.05) is 0 Å². The van der Waals surface area contributed by atoms with E-state index < -0.39 is 11.1 Å². The van der Waals surface area contributed by atoms with Crippen LogP contribution in [-0.4, -0.2) is 34.4 Å². The van der Waals surface area contributed by atoms with Crippen LogP contribution in [0.2, 0.25) is 0 Å². The van der Waals surface area contributed by atoms with Gasteiger partial charge in [0.2, 0.25) is 0 Å². The molecule has 19 heavy (non-hydrogen) atoms. The molecule has 0 amide bonds. The Bertz CT molecular complexity index is 627. The smallest absolute Gasteiger partial charge is 0.294 e. The molecule has 0 radical (unpaired) electrons. The van der Waals surface area contributed by atoms with Crippen molar-refractivity contribution in [2.24, 2.45) is 0 Å². The Balaban J connectivity index is 2.09. The van der Waals surface area contributed by atoms with Gasteiger partial charge in [0.25, 0.3) is 5.69 Å². The normalized spacial score (nSPS) is 19.8. The molecule has 1 N–H and O–H groups in total. The quantitative estimate of drug-likeness (QED) is 0.667. The highest BCUT2D eigenvalue weighted by molar-refractivity contribution is 5.87. The van der Waals surface area contributed by atoms with Crippen LogP contribution in [0.25, 0.3) is 10.9 Å². The number of aromatic nitrogens is 2. The Hall–Kier alpha value is -2.18. The monoisotopic (exact) mass is 264 g/mol. The van der Waals surface area contributed by atoms with Gasteiger partial charge in [-0.3, -0.25) is 15.2 Å². The molecule has 1 atom stereocenters. The summed E-state index contributed by atoms with van der Waals surface area (Å²) in [5, 5.41) is 18.5. The first-order chi connectivity index (χ1) is 9.15. The lowest BCUT2D eigenvalue weighted by Crippen LogP contribution is -2.36. The second-order valence-electron chi connectivity index (χ2n) is 4.74. The van der Waals surface area contributed by atoms with Gasteiger partial charge in [-0.25, -0.2) is 4.39 Å². The molecule has 1 aliphatic heterocycles. The molecule has 1 aromatic carbocycles. The van der Waals surface area contributed by atoms with Gasteiger partial charge in [0.15, 0.2) is 0 Å². The zero-order valence-corrected chi connectivity index (χ0v) is 10.2. The fraction of sp³-hybridized carbons (Fsp3) is 0.417. The average molecular weight is 264 g/mol. The Morgan fingerprint density at radius 2 is 2.37 bits per heavy atom. The molecule has 2 heterocycles. The number of anilines is 1. The number of nitro benzene ring substituents is 1. The largest absolute Gasteiger partial charge is 0.363 e. The summed E-state index contributed by atoms with van der Waals surface area (Å²) in [4.78, 5) is 12.5. The molecule has 6 nitrogen and oxygen atoms in total. The summed E-state index contributed by atoms with van der Waals surface area (Å²) >= 11 is 0. The molecule has 3 rings (SSSR count). The number of nitro groups is 1. The van der Waals surface area contributed by atoms with Crippen molar-refractivity contribution in [2.75, 3.05) is 18.0 Å². The van der Waals surface area contributed by atoms with Crippen LogP contribution >= 0.6 is 0 Å². The highest BCUT2D eigenvalue weighted by atomic mass is 19.1. The first kappa shape index (κ1) is 11.9. The van der Waals surface area contributed by atoms with Gasteiger partial charge in [-0.05, 0) is 18.9 Å². The summed E-state index contributed by atoms with van der Waals surface area (Å²) < 4.78 is 13.5. The SMILES string of the molecule is O=[N+]([O-])c1cc2[nH]ncc2cc1N1CCCC(F)C1. The standard InChI is InChI=1S/C12H13FN4O2/c13-9-2-1-3-16(7-9)11-4-8-6-14-15-10(8)5-12(11)17(18)19/h4-6,9H,1-3,7H2,(H,14,15). The first-order valence-electron chi connectivity index (χ1n) is 6.15. The van der Waals surface area contributed by atoms with E-state index in [1.54, 1.807) is 17.2 Å². The molecule has 0 aliphatic carbocycles. The van der Waals surface area contributed by atoms with Gasteiger partial charge in [0.1, 0.15) is 11.9 Å². The van der Waals surface area contributed by atoms with E-state index in [2.05, 4.69) is 10.2 Å². The molecule has 1 aliphatic rings. The third kappa shape index (κ3) is 2.11. The molecule has 100 valence electrons. The van der Waals surface area contributed by atoms with Gasteiger partial charge in [0.05, 0.1) is 16.6 Å². The van der Waals surface area contributed by atoms with Crippen LogP contribution in [-0.2, 0) is 0 Å². The Kier molecular flexibility index (Phi) is 2.81. The van der Waals surface area contributed by atoms with Crippen LogP contribution < -0.4 is 4.90 Å². The number of hydrogen-bond donors (Lipinski definition) is 1. The minimum absolute atomic E-state index is 0.00847. The van der Waals surface area contributed by atoms with Gasteiger partial charge in [0, 0.05) is 24.5 Å². The van der Waals surface area contributed by atoms with E-state index in [4.69, 9.17) is 0 Å². The summed E-state index contributed by atoms with van der Waals surface area (Å²) in [6.45, 7) is 0.856. The fourth-order valence-electron chi connectivity index (χ4n) is 2.51. The molecule has 7 heteroatoms. The van der Waals surface area contributed by atoms with Gasteiger partial charge < -0.3 is 4.90 Å². The Morgan fingerprint density at radius 3 is 3.11 bits per heavy atom. The van der Waals surface area contributed by atoms with Crippen LogP contribution in [0.15, 0.2) is 18.3 Å². The molecule has 1 fully saturated rings. The maximum absolute atomic E-state index is 13.5. The van der Waals surface area contributed by atoms with E-state index in [-0.39, 0.29) is 12.2 Å². The molecular formula is C12H13FN4O2. The number of H-pyrrole nitrogens is 1. The Morgan fingerprint density at radius 1 is 1.53 bits per heavy atom. The molecule has 1 unspecified atom stereocenters. The zero-order chi connectivity index (χ0) is 13.4. The summed E-state index contributed by atoms with van der Waals surface area (Å²) in [5.41, 5.74) is 1.08. The van der Waals surface area contributed by atoms with Crippen LogP contribution in [0.3, 0.4) is 0 Å². The summed E-state index contributed by atoms with van der Waals surface area (Å²) in [6.07, 6.45) is 1.92. The Labute approximate surface area is 108 Å². The molecule has 1 aromatic heterocycles. The summed E-state index contributed by atoms with van der Waals surface area (Å²) in [6, 6.07) is 3.16. The van der Waals surface area contributed by atoms with E-state index in [1.165, 1.54) is 6.07 Å². The molecule has 2 aromatic rings. The topological polar surface area (TPSA) is 75.1 Å². The number of aromatic amines is 1. The van der Waals surface area contributed by atoms with Crippen LogP contribution in [0.5, 0.6) is 0 Å². The van der Waals surface area contributed by atoms with E-state index in [0.717, 1.165) is 5.39 Å². The lowest BCUT2D eigenvalue weighted by molar-refractivity contribution is -0.384. The molecule has 0 spiro atoms. The van der Waals surface area contributed by atoms with E-state index in [9.17, 15) is 14.5 Å². The van der Waals surface area contributed by atoms with Crippen molar-refractivity contribution < 1.29 is 9.31 Å². The van der Waals surface area contributed by atoms with Crippen LogP contribution in [0, 0.1) is 10.1 Å². The number of piperidine rings is 1. The first-order valence-corrected chi connectivity index (χ1v) is 6.15. The van der Waals surface area contributed by atoms with Crippen molar-refractivity contribution in [2.45, 2.75) is 19.0 Å². The summed E-state index contributed by atoms with van der Waals surface area (Å²) in [5.74, 6) is 0. The van der Waals surface area contributed by atoms with Crippen molar-refractivity contribution >= 4 is 22.3 Å². The van der Waals surface area contributed by atoms with Crippen molar-refractivity contribution in [3.63, 3.8) is 0 Å². The van der Waals surface area contributed by atoms with Crippen molar-refractivity contribution in [1.82, 2.24) is 10.2 Å². The number of alkyl halides is 1. The maximum atomic E-state index is 13.5. The molecule has 1 saturated heterocycles. The third-order valence-electron chi connectivity index (χ3n) is 3.44. The molecular weight excluding hydrogens is 251 g/mol. The average Bonchev–Trinajstić information content (AvgIpc) is 2.84. The maximum Gasteiger partial charge on any atom is 0.294 e. The number of nitrogens with zero attached hydrogens (tertiary/aromatic N) is 3. The van der Waals surface area contributed by atoms with Crippen LogP contribution in [0.1, 0.15) is 12.8 Å². The second-order valence-corrected chi connectivity index (χ2v) is 4.74. The number of nitrogens with one attached hydrogen (secondary N) is 1. The lowest BCUT2D eigenvalue weighted by atomic mass is 10.1.